The summed E-state index contributed by atoms with van der Waals surface area (Å²) in [5.74, 6) is 1.19. The van der Waals surface area contributed by atoms with E-state index in [1.165, 1.54) is 17.3 Å². The number of carbonyl (C=O) groups excluding carboxylic acids is 1. The fourth-order valence-corrected chi connectivity index (χ4v) is 1.93. The quantitative estimate of drug-likeness (QED) is 0.687. The second-order valence-corrected chi connectivity index (χ2v) is 4.06. The number of rotatable bonds is 3. The standard InChI is InChI=1S/C12H9OS/c13-9-12-8-7-11(14-12)6-5-10-3-1-2-4-10/h1-9H/b6-5+. The zero-order valence-electron chi connectivity index (χ0n) is 7.51. The molecule has 1 aromatic rings. The highest BCUT2D eigenvalue weighted by atomic mass is 32.1. The van der Waals surface area contributed by atoms with Gasteiger partial charge in [0.2, 0.25) is 0 Å². The molecule has 14 heavy (non-hydrogen) atoms. The van der Waals surface area contributed by atoms with Crippen molar-refractivity contribution >= 4 is 23.7 Å². The number of thiophene rings is 1. The summed E-state index contributed by atoms with van der Waals surface area (Å²) in [6.45, 7) is 0. The van der Waals surface area contributed by atoms with Crippen molar-refractivity contribution in [2.75, 3.05) is 0 Å². The van der Waals surface area contributed by atoms with Crippen molar-refractivity contribution in [3.8, 4) is 0 Å². The van der Waals surface area contributed by atoms with Gasteiger partial charge >= 0.3 is 0 Å². The molecular formula is C12H9OS. The fraction of sp³-hybridized carbons (Fsp3) is 0. The summed E-state index contributed by atoms with van der Waals surface area (Å²) in [7, 11) is 0. The average molecular weight is 201 g/mol. The van der Waals surface area contributed by atoms with Gasteiger partial charge in [-0.1, -0.05) is 6.08 Å². The molecule has 2 heteroatoms. The lowest BCUT2D eigenvalue weighted by Crippen LogP contribution is -1.82. The summed E-state index contributed by atoms with van der Waals surface area (Å²) < 4.78 is 0. The lowest BCUT2D eigenvalue weighted by atomic mass is 10.1. The van der Waals surface area contributed by atoms with Gasteiger partial charge < -0.3 is 0 Å². The Morgan fingerprint density at radius 1 is 1.00 bits per heavy atom. The van der Waals surface area contributed by atoms with Crippen molar-refractivity contribution in [1.82, 2.24) is 0 Å². The summed E-state index contributed by atoms with van der Waals surface area (Å²) in [5.41, 5.74) is 0. The van der Waals surface area contributed by atoms with Crippen LogP contribution in [0.3, 0.4) is 0 Å². The van der Waals surface area contributed by atoms with Gasteiger partial charge in [0.15, 0.2) is 6.29 Å². The summed E-state index contributed by atoms with van der Waals surface area (Å²) in [6, 6.07) is 3.79. The van der Waals surface area contributed by atoms with Crippen LogP contribution in [0.4, 0.5) is 0 Å². The molecule has 1 aliphatic rings. The first-order valence-electron chi connectivity index (χ1n) is 4.33. The lowest BCUT2D eigenvalue weighted by molar-refractivity contribution is 0.112. The van der Waals surface area contributed by atoms with Crippen LogP contribution in [0.1, 0.15) is 14.5 Å². The predicted molar refractivity (Wildman–Crippen MR) is 59.2 cm³/mol. The molecule has 1 aromatic heterocycles. The Morgan fingerprint density at radius 2 is 1.71 bits per heavy atom. The monoisotopic (exact) mass is 201 g/mol. The predicted octanol–water partition coefficient (Wildman–Crippen LogP) is 2.98. The van der Waals surface area contributed by atoms with Crippen LogP contribution in [-0.4, -0.2) is 6.29 Å². The normalized spacial score (nSPS) is 18.0. The first-order chi connectivity index (χ1) is 6.88. The van der Waals surface area contributed by atoms with Crippen LogP contribution in [0.5, 0.6) is 0 Å². The van der Waals surface area contributed by atoms with E-state index in [1.807, 2.05) is 50.0 Å². The van der Waals surface area contributed by atoms with E-state index < -0.39 is 0 Å². The maximum absolute atomic E-state index is 10.4. The van der Waals surface area contributed by atoms with Crippen LogP contribution in [0.15, 0.2) is 18.2 Å². The van der Waals surface area contributed by atoms with Crippen LogP contribution in [-0.2, 0) is 0 Å². The van der Waals surface area contributed by atoms with Crippen LogP contribution in [0.25, 0.3) is 6.08 Å². The van der Waals surface area contributed by atoms with Crippen molar-refractivity contribution in [2.24, 2.45) is 0 Å². The van der Waals surface area contributed by atoms with Crippen molar-refractivity contribution in [3.63, 3.8) is 0 Å². The zero-order chi connectivity index (χ0) is 9.80. The van der Waals surface area contributed by atoms with E-state index in [2.05, 4.69) is 0 Å². The van der Waals surface area contributed by atoms with Crippen LogP contribution >= 0.6 is 11.3 Å². The number of hydrogen-bond acceptors (Lipinski definition) is 2. The average Bonchev–Trinajstić information content (AvgIpc) is 2.86. The van der Waals surface area contributed by atoms with Gasteiger partial charge in [-0.15, -0.1) is 11.3 Å². The van der Waals surface area contributed by atoms with Gasteiger partial charge in [-0.2, -0.15) is 0 Å². The highest BCUT2D eigenvalue weighted by Gasteiger charge is 2.13. The van der Waals surface area contributed by atoms with Crippen LogP contribution in [0.2, 0.25) is 0 Å². The van der Waals surface area contributed by atoms with E-state index in [9.17, 15) is 4.79 Å². The number of carbonyl (C=O) groups is 1. The Kier molecular flexibility index (Phi) is 3.14. The summed E-state index contributed by atoms with van der Waals surface area (Å²) in [4.78, 5) is 12.3. The van der Waals surface area contributed by atoms with E-state index in [-0.39, 0.29) is 0 Å². The SMILES string of the molecule is O=Cc1ccc(/C=C/[C]2[CH][CH][CH][CH]2)s1. The second-order valence-electron chi connectivity index (χ2n) is 2.91. The molecule has 0 saturated heterocycles. The Hall–Kier alpha value is -0.890. The third kappa shape index (κ3) is 2.32. The molecule has 0 unspecified atom stereocenters. The molecule has 1 fully saturated rings. The third-order valence-corrected chi connectivity index (χ3v) is 2.87. The van der Waals surface area contributed by atoms with Crippen molar-refractivity contribution in [3.05, 3.63) is 59.6 Å². The molecule has 1 saturated carbocycles. The molecule has 0 aliphatic heterocycles. The maximum Gasteiger partial charge on any atom is 0.160 e. The van der Waals surface area contributed by atoms with Gasteiger partial charge in [-0.25, -0.2) is 0 Å². The molecule has 0 spiro atoms. The van der Waals surface area contributed by atoms with E-state index in [0.29, 0.717) is 0 Å². The van der Waals surface area contributed by atoms with E-state index >= 15 is 0 Å². The van der Waals surface area contributed by atoms with Gasteiger partial charge in [0.1, 0.15) is 0 Å². The van der Waals surface area contributed by atoms with Crippen molar-refractivity contribution < 1.29 is 4.79 Å². The Labute approximate surface area is 88.5 Å². The van der Waals surface area contributed by atoms with E-state index in [0.717, 1.165) is 16.0 Å². The molecule has 0 aromatic carbocycles. The third-order valence-electron chi connectivity index (χ3n) is 1.89. The van der Waals surface area contributed by atoms with Gasteiger partial charge in [-0.05, 0) is 43.9 Å². The number of allylic oxidation sites excluding steroid dienone is 1. The Balaban J connectivity index is 1.98. The highest BCUT2D eigenvalue weighted by molar-refractivity contribution is 7.14. The minimum Gasteiger partial charge on any atom is -0.297 e. The molecule has 1 nitrogen and oxygen atoms in total. The molecule has 0 N–H and O–H groups in total. The minimum absolute atomic E-state index is 0.771. The van der Waals surface area contributed by atoms with Crippen molar-refractivity contribution in [2.45, 2.75) is 0 Å². The second kappa shape index (κ2) is 4.56. The molecule has 0 atom stereocenters. The first kappa shape index (κ1) is 9.66. The fourth-order valence-electron chi connectivity index (χ4n) is 1.20. The highest BCUT2D eigenvalue weighted by Crippen LogP contribution is 2.26. The van der Waals surface area contributed by atoms with Gasteiger partial charge in [0.05, 0.1) is 4.88 Å². The largest absolute Gasteiger partial charge is 0.297 e. The molecule has 0 amide bonds. The van der Waals surface area contributed by atoms with Crippen LogP contribution < -0.4 is 0 Å². The zero-order valence-corrected chi connectivity index (χ0v) is 8.33. The maximum atomic E-state index is 10.4. The summed E-state index contributed by atoms with van der Waals surface area (Å²) in [5, 5.41) is 0. The van der Waals surface area contributed by atoms with Gasteiger partial charge in [-0.3, -0.25) is 4.79 Å². The smallest absolute Gasteiger partial charge is 0.160 e. The van der Waals surface area contributed by atoms with Gasteiger partial charge in [0.25, 0.3) is 0 Å². The van der Waals surface area contributed by atoms with Gasteiger partial charge in [0, 0.05) is 10.8 Å². The lowest BCUT2D eigenvalue weighted by Gasteiger charge is -1.96. The summed E-state index contributed by atoms with van der Waals surface area (Å²) >= 11 is 1.50. The Morgan fingerprint density at radius 3 is 2.36 bits per heavy atom. The van der Waals surface area contributed by atoms with E-state index in [4.69, 9.17) is 0 Å². The van der Waals surface area contributed by atoms with Crippen molar-refractivity contribution in [1.29, 1.82) is 0 Å². The number of hydrogen-bond donors (Lipinski definition) is 0. The molecule has 69 valence electrons. The molecular weight excluding hydrogens is 192 g/mol. The molecule has 2 rings (SSSR count). The molecule has 5 radical (unpaired) electrons. The van der Waals surface area contributed by atoms with Crippen LogP contribution in [0, 0.1) is 31.6 Å². The minimum atomic E-state index is 0.771. The first-order valence-corrected chi connectivity index (χ1v) is 5.15. The molecule has 0 bridgehead atoms. The summed E-state index contributed by atoms with van der Waals surface area (Å²) in [6.07, 6.45) is 13.0. The Bertz CT molecular complexity index is 332. The molecule has 1 heterocycles. The number of aldehydes is 1. The van der Waals surface area contributed by atoms with E-state index in [1.54, 1.807) is 0 Å². The topological polar surface area (TPSA) is 17.1 Å². The molecule has 1 aliphatic carbocycles.